The van der Waals surface area contributed by atoms with Gasteiger partial charge in [-0.15, -0.1) is 0 Å². The number of carbonyl (C=O) groups is 1. The number of Topliss-reactive ketones (excluding diaryl/α,β-unsaturated/α-hetero) is 1. The van der Waals surface area contributed by atoms with Crippen molar-refractivity contribution in [3.8, 4) is 0 Å². The van der Waals surface area contributed by atoms with Crippen LogP contribution in [0, 0.1) is 0 Å². The Kier molecular flexibility index (Phi) is 2.66. The standard InChI is InChI=1S/C10H9N3OS/c1-7(14)6-13(11)10-12-8-4-2-3-5-9(8)15-10/h2-5H,6H2,1H3. The zero-order chi connectivity index (χ0) is 10.8. The summed E-state index contributed by atoms with van der Waals surface area (Å²) in [6, 6.07) is 7.60. The molecule has 1 heterocycles. The Balaban J connectivity index is 2.32. The Morgan fingerprint density at radius 2 is 2.27 bits per heavy atom. The Hall–Kier alpha value is -1.46. The van der Waals surface area contributed by atoms with E-state index in [0.717, 1.165) is 15.2 Å². The first-order valence-electron chi connectivity index (χ1n) is 4.48. The number of fused-ring (bicyclic) bond motifs is 1. The van der Waals surface area contributed by atoms with Crippen LogP contribution in [-0.2, 0) is 4.79 Å². The molecule has 0 N–H and O–H groups in total. The minimum absolute atomic E-state index is 0.0280. The number of thiazole rings is 1. The molecule has 0 saturated heterocycles. The molecule has 0 atom stereocenters. The van der Waals surface area contributed by atoms with Gasteiger partial charge in [-0.3, -0.25) is 4.79 Å². The Morgan fingerprint density at radius 3 is 2.93 bits per heavy atom. The summed E-state index contributed by atoms with van der Waals surface area (Å²) in [5.41, 5.74) is 0.833. The molecule has 1 aromatic heterocycles. The van der Waals surface area contributed by atoms with Crippen LogP contribution < -0.4 is 10.9 Å². The third-order valence-electron chi connectivity index (χ3n) is 1.88. The zero-order valence-corrected chi connectivity index (χ0v) is 8.99. The third kappa shape index (κ3) is 2.14. The molecule has 0 fully saturated rings. The number of hydrogen-bond acceptors (Lipinski definition) is 4. The summed E-state index contributed by atoms with van der Waals surface area (Å²) in [7, 11) is 0. The molecule has 4 nitrogen and oxygen atoms in total. The average molecular weight is 219 g/mol. The van der Waals surface area contributed by atoms with Crippen molar-refractivity contribution in [3.05, 3.63) is 24.3 Å². The van der Waals surface area contributed by atoms with Crippen LogP contribution >= 0.6 is 11.3 Å². The van der Waals surface area contributed by atoms with Crippen molar-refractivity contribution in [1.29, 1.82) is 0 Å². The molecule has 0 unspecified atom stereocenters. The van der Waals surface area contributed by atoms with Crippen LogP contribution in [0.25, 0.3) is 10.2 Å². The summed E-state index contributed by atoms with van der Waals surface area (Å²) in [6.07, 6.45) is 0. The predicted octanol–water partition coefficient (Wildman–Crippen LogP) is 1.68. The van der Waals surface area contributed by atoms with E-state index in [-0.39, 0.29) is 12.3 Å². The maximum atomic E-state index is 10.8. The predicted molar refractivity (Wildman–Crippen MR) is 59.8 cm³/mol. The van der Waals surface area contributed by atoms with Gasteiger partial charge in [0, 0.05) is 0 Å². The van der Waals surface area contributed by atoms with Crippen LogP contribution in [0.5, 0.6) is 0 Å². The van der Waals surface area contributed by atoms with E-state index in [1.54, 1.807) is 0 Å². The van der Waals surface area contributed by atoms with Gasteiger partial charge >= 0.3 is 0 Å². The fraction of sp³-hybridized carbons (Fsp3) is 0.200. The van der Waals surface area contributed by atoms with Gasteiger partial charge in [0.1, 0.15) is 0 Å². The molecule has 0 amide bonds. The molecule has 1 aromatic carbocycles. The monoisotopic (exact) mass is 219 g/mol. The van der Waals surface area contributed by atoms with E-state index in [0.29, 0.717) is 5.13 Å². The lowest BCUT2D eigenvalue weighted by molar-refractivity contribution is -0.115. The third-order valence-corrected chi connectivity index (χ3v) is 2.93. The molecular formula is C10H9N3OS. The fourth-order valence-corrected chi connectivity index (χ4v) is 2.12. The molecule has 76 valence electrons. The van der Waals surface area contributed by atoms with Crippen molar-refractivity contribution in [3.63, 3.8) is 0 Å². The highest BCUT2D eigenvalue weighted by Crippen LogP contribution is 2.27. The van der Waals surface area contributed by atoms with E-state index in [2.05, 4.69) is 4.98 Å². The maximum absolute atomic E-state index is 10.8. The van der Waals surface area contributed by atoms with Crippen LogP contribution in [0.4, 0.5) is 5.13 Å². The molecular weight excluding hydrogens is 210 g/mol. The minimum atomic E-state index is -0.100. The Bertz CT molecular complexity index is 461. The number of ketones is 1. The number of anilines is 1. The summed E-state index contributed by atoms with van der Waals surface area (Å²) in [4.78, 5) is 15.0. The van der Waals surface area contributed by atoms with Gasteiger partial charge in [0.25, 0.3) is 0 Å². The topological polar surface area (TPSA) is 55.5 Å². The van der Waals surface area contributed by atoms with Crippen LogP contribution in [-0.4, -0.2) is 17.3 Å². The van der Waals surface area contributed by atoms with Gasteiger partial charge in [-0.2, -0.15) is 0 Å². The molecule has 0 aliphatic heterocycles. The van der Waals surface area contributed by atoms with E-state index in [4.69, 9.17) is 0 Å². The summed E-state index contributed by atoms with van der Waals surface area (Å²) in [5.74, 6) is 9.45. The molecule has 0 spiro atoms. The normalized spacial score (nSPS) is 10.5. The van der Waals surface area contributed by atoms with Crippen LogP contribution in [0.3, 0.4) is 0 Å². The SMILES string of the molecule is CC(=O)CN([N])c1nc2ccccc2s1. The zero-order valence-electron chi connectivity index (χ0n) is 8.17. The second-order valence-corrected chi connectivity index (χ2v) is 4.23. The highest BCUT2D eigenvalue weighted by atomic mass is 32.1. The second-order valence-electron chi connectivity index (χ2n) is 3.22. The molecule has 0 aliphatic rings. The van der Waals surface area contributed by atoms with Crippen molar-refractivity contribution in [2.75, 3.05) is 11.6 Å². The lowest BCUT2D eigenvalue weighted by Crippen LogP contribution is -2.26. The van der Waals surface area contributed by atoms with Crippen molar-refractivity contribution < 1.29 is 4.79 Å². The molecule has 0 saturated carbocycles. The molecule has 15 heavy (non-hydrogen) atoms. The van der Waals surface area contributed by atoms with Gasteiger partial charge in [0.15, 0.2) is 5.78 Å². The van der Waals surface area contributed by atoms with Crippen molar-refractivity contribution in [2.24, 2.45) is 0 Å². The molecule has 5 heteroatoms. The van der Waals surface area contributed by atoms with Gasteiger partial charge in [-0.05, 0) is 24.9 Å². The summed E-state index contributed by atoms with van der Waals surface area (Å²) in [6.45, 7) is 1.40. The lowest BCUT2D eigenvalue weighted by Gasteiger charge is -2.07. The molecule has 2 rings (SSSR count). The van der Waals surface area contributed by atoms with Crippen molar-refractivity contribution >= 4 is 32.5 Å². The highest BCUT2D eigenvalue weighted by molar-refractivity contribution is 7.22. The molecule has 2 aromatic rings. The van der Waals surface area contributed by atoms with E-state index in [1.807, 2.05) is 24.3 Å². The molecule has 0 aliphatic carbocycles. The summed E-state index contributed by atoms with van der Waals surface area (Å²) < 4.78 is 0.995. The van der Waals surface area contributed by atoms with Gasteiger partial charge in [0.2, 0.25) is 5.13 Å². The molecule has 2 radical (unpaired) electrons. The fourth-order valence-electron chi connectivity index (χ4n) is 1.25. The van der Waals surface area contributed by atoms with E-state index >= 15 is 0 Å². The van der Waals surface area contributed by atoms with Crippen LogP contribution in [0.2, 0.25) is 0 Å². The first kappa shape index (κ1) is 10.1. The minimum Gasteiger partial charge on any atom is -0.298 e. The van der Waals surface area contributed by atoms with Crippen molar-refractivity contribution in [2.45, 2.75) is 6.92 Å². The number of rotatable bonds is 3. The lowest BCUT2D eigenvalue weighted by atomic mass is 10.3. The van der Waals surface area contributed by atoms with E-state index in [1.165, 1.54) is 18.3 Å². The highest BCUT2D eigenvalue weighted by Gasteiger charge is 2.11. The van der Waals surface area contributed by atoms with Crippen LogP contribution in [0.1, 0.15) is 6.92 Å². The van der Waals surface area contributed by atoms with Gasteiger partial charge < -0.3 is 0 Å². The Labute approximate surface area is 91.3 Å². The van der Waals surface area contributed by atoms with E-state index in [9.17, 15) is 10.6 Å². The maximum Gasteiger partial charge on any atom is 0.204 e. The second kappa shape index (κ2) is 3.96. The Morgan fingerprint density at radius 1 is 1.53 bits per heavy atom. The number of aromatic nitrogens is 1. The number of carbonyl (C=O) groups excluding carboxylic acids is 1. The quantitative estimate of drug-likeness (QED) is 0.738. The first-order chi connectivity index (χ1) is 7.16. The van der Waals surface area contributed by atoms with Crippen molar-refractivity contribution in [1.82, 2.24) is 10.8 Å². The number of benzene rings is 1. The molecule has 0 bridgehead atoms. The largest absolute Gasteiger partial charge is 0.298 e. The number of nitrogens with zero attached hydrogens (tertiary/aromatic N) is 3. The smallest absolute Gasteiger partial charge is 0.204 e. The summed E-state index contributed by atoms with van der Waals surface area (Å²) in [5, 5.41) is 1.33. The summed E-state index contributed by atoms with van der Waals surface area (Å²) >= 11 is 1.36. The number of hydrogen-bond donors (Lipinski definition) is 0. The van der Waals surface area contributed by atoms with Gasteiger partial charge in [-0.1, -0.05) is 23.5 Å². The first-order valence-corrected chi connectivity index (χ1v) is 5.30. The van der Waals surface area contributed by atoms with Gasteiger partial charge in [-0.25, -0.2) is 9.99 Å². The average Bonchev–Trinajstić information content (AvgIpc) is 2.59. The van der Waals surface area contributed by atoms with E-state index < -0.39 is 0 Å². The number of para-hydroxylation sites is 1. The van der Waals surface area contributed by atoms with Crippen LogP contribution in [0.15, 0.2) is 24.3 Å². The van der Waals surface area contributed by atoms with Gasteiger partial charge in [0.05, 0.1) is 16.8 Å².